The normalized spacial score (nSPS) is 29.8. The molecule has 3 rings (SSSR count). The summed E-state index contributed by atoms with van der Waals surface area (Å²) in [5, 5.41) is 0.611. The third-order valence-electron chi connectivity index (χ3n) is 4.12. The van der Waals surface area contributed by atoms with Gasteiger partial charge in [0.2, 0.25) is 0 Å². The van der Waals surface area contributed by atoms with Crippen molar-refractivity contribution < 1.29 is 14.3 Å². The van der Waals surface area contributed by atoms with Crippen LogP contribution in [0, 0.1) is 9.49 Å². The highest BCUT2D eigenvalue weighted by molar-refractivity contribution is 14.1. The van der Waals surface area contributed by atoms with Gasteiger partial charge in [0.25, 0.3) is 0 Å². The lowest BCUT2D eigenvalue weighted by Crippen LogP contribution is -2.42. The Morgan fingerprint density at radius 3 is 3.00 bits per heavy atom. The molecule has 2 atom stereocenters. The average Bonchev–Trinajstić information content (AvgIpc) is 2.88. The minimum absolute atomic E-state index is 0.0115. The number of carbonyl (C=O) groups excluding carboxylic acids is 1. The fourth-order valence-corrected chi connectivity index (χ4v) is 3.79. The van der Waals surface area contributed by atoms with Gasteiger partial charge in [-0.25, -0.2) is 0 Å². The molecule has 2 unspecified atom stereocenters. The molecule has 2 aliphatic heterocycles. The molecular weight excluding hydrogens is 391 g/mol. The predicted molar refractivity (Wildman–Crippen MR) is 85.3 cm³/mol. The van der Waals surface area contributed by atoms with Gasteiger partial charge in [0, 0.05) is 39.7 Å². The van der Waals surface area contributed by atoms with E-state index in [0.717, 1.165) is 35.0 Å². The molecule has 1 spiro atoms. The highest BCUT2D eigenvalue weighted by Gasteiger charge is 2.43. The Balaban J connectivity index is 1.81. The van der Waals surface area contributed by atoms with Crippen LogP contribution < -0.4 is 0 Å². The van der Waals surface area contributed by atoms with E-state index in [0.29, 0.717) is 18.2 Å². The summed E-state index contributed by atoms with van der Waals surface area (Å²) < 4.78 is 12.3. The van der Waals surface area contributed by atoms with Gasteiger partial charge in [-0.15, -0.1) is 0 Å². The Labute approximate surface area is 137 Å². The van der Waals surface area contributed by atoms with Crippen molar-refractivity contribution in [2.45, 2.75) is 24.9 Å². The number of ether oxygens (including phenoxy) is 2. The lowest BCUT2D eigenvalue weighted by atomic mass is 9.81. The summed E-state index contributed by atoms with van der Waals surface area (Å²) in [6.45, 7) is 1.98. The Morgan fingerprint density at radius 1 is 1.40 bits per heavy atom. The van der Waals surface area contributed by atoms with Crippen molar-refractivity contribution in [3.8, 4) is 0 Å². The maximum atomic E-state index is 12.8. The molecule has 3 nitrogen and oxygen atoms in total. The minimum Gasteiger partial charge on any atom is -0.378 e. The molecule has 0 aromatic heterocycles. The van der Waals surface area contributed by atoms with Crippen LogP contribution in [0.3, 0.4) is 0 Å². The molecule has 20 heavy (non-hydrogen) atoms. The summed E-state index contributed by atoms with van der Waals surface area (Å²) in [6, 6.07) is 5.49. The van der Waals surface area contributed by atoms with Gasteiger partial charge >= 0.3 is 0 Å². The Morgan fingerprint density at radius 2 is 2.25 bits per heavy atom. The van der Waals surface area contributed by atoms with Crippen molar-refractivity contribution in [2.24, 2.45) is 5.92 Å². The number of ketones is 1. The lowest BCUT2D eigenvalue weighted by molar-refractivity contribution is -0.0920. The van der Waals surface area contributed by atoms with Crippen LogP contribution in [0.25, 0.3) is 0 Å². The van der Waals surface area contributed by atoms with Gasteiger partial charge in [-0.1, -0.05) is 11.6 Å². The Kier molecular flexibility index (Phi) is 4.36. The third kappa shape index (κ3) is 2.89. The van der Waals surface area contributed by atoms with Gasteiger partial charge in [-0.3, -0.25) is 4.79 Å². The summed E-state index contributed by atoms with van der Waals surface area (Å²) in [6.07, 6.45) is 2.43. The van der Waals surface area contributed by atoms with Crippen molar-refractivity contribution in [1.82, 2.24) is 0 Å². The molecule has 108 valence electrons. The van der Waals surface area contributed by atoms with Crippen LogP contribution in [0.1, 0.15) is 29.6 Å². The molecule has 1 aromatic carbocycles. The SMILES string of the molecule is O=C(c1cc(Cl)ccc1I)C1CCOC2(CCOC2)C1. The van der Waals surface area contributed by atoms with Crippen molar-refractivity contribution >= 4 is 40.0 Å². The highest BCUT2D eigenvalue weighted by Crippen LogP contribution is 2.37. The lowest BCUT2D eigenvalue weighted by Gasteiger charge is -2.36. The first kappa shape index (κ1) is 14.8. The molecule has 0 saturated carbocycles. The summed E-state index contributed by atoms with van der Waals surface area (Å²) in [4.78, 5) is 12.8. The van der Waals surface area contributed by atoms with Gasteiger partial charge in [-0.2, -0.15) is 0 Å². The monoisotopic (exact) mass is 406 g/mol. The number of benzene rings is 1. The van der Waals surface area contributed by atoms with E-state index in [2.05, 4.69) is 22.6 Å². The first-order chi connectivity index (χ1) is 9.60. The van der Waals surface area contributed by atoms with Gasteiger partial charge in [-0.05, 0) is 53.6 Å². The van der Waals surface area contributed by atoms with E-state index < -0.39 is 0 Å². The van der Waals surface area contributed by atoms with Gasteiger partial charge in [0.05, 0.1) is 12.2 Å². The first-order valence-corrected chi connectivity index (χ1v) is 8.26. The fraction of sp³-hybridized carbons (Fsp3) is 0.533. The molecule has 2 aliphatic rings. The summed E-state index contributed by atoms with van der Waals surface area (Å²) in [5.74, 6) is 0.198. The molecule has 5 heteroatoms. The molecule has 0 N–H and O–H groups in total. The molecule has 0 amide bonds. The second-order valence-corrected chi connectivity index (χ2v) is 7.11. The number of hydrogen-bond acceptors (Lipinski definition) is 3. The molecule has 2 saturated heterocycles. The molecule has 2 heterocycles. The van der Waals surface area contributed by atoms with Crippen LogP contribution in [0.4, 0.5) is 0 Å². The van der Waals surface area contributed by atoms with Gasteiger partial charge < -0.3 is 9.47 Å². The van der Waals surface area contributed by atoms with Crippen LogP contribution in [0.15, 0.2) is 18.2 Å². The maximum Gasteiger partial charge on any atom is 0.167 e. The van der Waals surface area contributed by atoms with Crippen LogP contribution in [-0.4, -0.2) is 31.2 Å². The number of hydrogen-bond donors (Lipinski definition) is 0. The van der Waals surface area contributed by atoms with E-state index >= 15 is 0 Å². The molecule has 0 radical (unpaired) electrons. The van der Waals surface area contributed by atoms with E-state index in [1.165, 1.54) is 0 Å². The van der Waals surface area contributed by atoms with Gasteiger partial charge in [0.1, 0.15) is 0 Å². The number of Topliss-reactive ketones (excluding diaryl/α,β-unsaturated/α-hetero) is 1. The largest absolute Gasteiger partial charge is 0.378 e. The maximum absolute atomic E-state index is 12.8. The molecule has 2 fully saturated rings. The van der Waals surface area contributed by atoms with E-state index in [1.807, 2.05) is 12.1 Å². The average molecular weight is 407 g/mol. The predicted octanol–water partition coefficient (Wildman–Crippen LogP) is 3.71. The Hall–Kier alpha value is -0.170. The topological polar surface area (TPSA) is 35.5 Å². The van der Waals surface area contributed by atoms with Crippen molar-refractivity contribution in [2.75, 3.05) is 19.8 Å². The third-order valence-corrected chi connectivity index (χ3v) is 5.30. The van der Waals surface area contributed by atoms with Crippen LogP contribution in [-0.2, 0) is 9.47 Å². The summed E-state index contributed by atoms with van der Waals surface area (Å²) in [7, 11) is 0. The van der Waals surface area contributed by atoms with Gasteiger partial charge in [0.15, 0.2) is 5.78 Å². The van der Waals surface area contributed by atoms with E-state index in [-0.39, 0.29) is 17.3 Å². The van der Waals surface area contributed by atoms with Crippen LogP contribution in [0.5, 0.6) is 0 Å². The zero-order valence-electron chi connectivity index (χ0n) is 11.0. The fourth-order valence-electron chi connectivity index (χ4n) is 3.02. The molecule has 0 aliphatic carbocycles. The van der Waals surface area contributed by atoms with Crippen molar-refractivity contribution in [3.05, 3.63) is 32.4 Å². The van der Waals surface area contributed by atoms with Crippen molar-refractivity contribution in [1.29, 1.82) is 0 Å². The molecule has 1 aromatic rings. The smallest absolute Gasteiger partial charge is 0.167 e. The standard InChI is InChI=1S/C15H16ClIO3/c16-11-1-2-13(17)12(7-11)14(18)10-3-5-20-15(8-10)4-6-19-9-15/h1-2,7,10H,3-6,8-9H2. The number of carbonyl (C=O) groups is 1. The Bertz CT molecular complexity index is 526. The zero-order valence-corrected chi connectivity index (χ0v) is 13.9. The second kappa shape index (κ2) is 5.91. The highest BCUT2D eigenvalue weighted by atomic mass is 127. The minimum atomic E-state index is -0.234. The second-order valence-electron chi connectivity index (χ2n) is 5.51. The van der Waals surface area contributed by atoms with Crippen molar-refractivity contribution in [3.63, 3.8) is 0 Å². The van der Waals surface area contributed by atoms with E-state index in [4.69, 9.17) is 21.1 Å². The van der Waals surface area contributed by atoms with Crippen LogP contribution in [0.2, 0.25) is 5.02 Å². The quantitative estimate of drug-likeness (QED) is 0.555. The molecule has 0 bridgehead atoms. The zero-order chi connectivity index (χ0) is 14.2. The molecular formula is C15H16ClIO3. The number of halogens is 2. The first-order valence-electron chi connectivity index (χ1n) is 6.81. The van der Waals surface area contributed by atoms with Crippen LogP contribution >= 0.6 is 34.2 Å². The van der Waals surface area contributed by atoms with E-state index in [1.54, 1.807) is 6.07 Å². The summed E-state index contributed by atoms with van der Waals surface area (Å²) in [5.41, 5.74) is 0.502. The summed E-state index contributed by atoms with van der Waals surface area (Å²) >= 11 is 8.21. The number of rotatable bonds is 2. The van der Waals surface area contributed by atoms with E-state index in [9.17, 15) is 4.79 Å².